The van der Waals surface area contributed by atoms with Crippen LogP contribution in [0.15, 0.2) is 66.7 Å². The Bertz CT molecular complexity index is 662. The van der Waals surface area contributed by atoms with Crippen LogP contribution < -0.4 is 0 Å². The molecule has 0 atom stereocenters. The summed E-state index contributed by atoms with van der Waals surface area (Å²) in [5.41, 5.74) is 1.41. The SMILES string of the molecule is CC.CC(C)c1ccccc1.Oc1cccc2c(O)cccc12. The largest absolute Gasteiger partial charge is 0.507 e. The molecule has 0 spiro atoms. The average molecular weight is 310 g/mol. The van der Waals surface area contributed by atoms with Crippen LogP contribution in [0.3, 0.4) is 0 Å². The van der Waals surface area contributed by atoms with Crippen LogP contribution >= 0.6 is 0 Å². The van der Waals surface area contributed by atoms with Gasteiger partial charge in [-0.05, 0) is 23.6 Å². The Kier molecular flexibility index (Phi) is 7.69. The molecule has 0 unspecified atom stereocenters. The van der Waals surface area contributed by atoms with Crippen LogP contribution in [0, 0.1) is 0 Å². The average Bonchev–Trinajstić information content (AvgIpc) is 2.59. The van der Waals surface area contributed by atoms with Crippen LogP contribution in [0.5, 0.6) is 11.5 Å². The van der Waals surface area contributed by atoms with Gasteiger partial charge in [-0.2, -0.15) is 0 Å². The fourth-order valence-corrected chi connectivity index (χ4v) is 2.11. The Morgan fingerprint density at radius 3 is 1.39 bits per heavy atom. The topological polar surface area (TPSA) is 40.5 Å². The summed E-state index contributed by atoms with van der Waals surface area (Å²) >= 11 is 0. The highest BCUT2D eigenvalue weighted by atomic mass is 16.3. The third-order valence-corrected chi connectivity index (χ3v) is 3.34. The van der Waals surface area contributed by atoms with Crippen molar-refractivity contribution in [3.8, 4) is 11.5 Å². The van der Waals surface area contributed by atoms with Crippen LogP contribution in [0.2, 0.25) is 0 Å². The molecule has 3 aromatic rings. The van der Waals surface area contributed by atoms with Crippen molar-refractivity contribution in [1.29, 1.82) is 0 Å². The number of hydrogen-bond acceptors (Lipinski definition) is 2. The van der Waals surface area contributed by atoms with Gasteiger partial charge in [0.05, 0.1) is 0 Å². The molecule has 2 nitrogen and oxygen atoms in total. The Balaban J connectivity index is 0.000000215. The van der Waals surface area contributed by atoms with Gasteiger partial charge in [0, 0.05) is 10.8 Å². The summed E-state index contributed by atoms with van der Waals surface area (Å²) in [4.78, 5) is 0. The lowest BCUT2D eigenvalue weighted by Gasteiger charge is -2.01. The summed E-state index contributed by atoms with van der Waals surface area (Å²) in [5.74, 6) is 1.05. The highest BCUT2D eigenvalue weighted by Crippen LogP contribution is 2.29. The van der Waals surface area contributed by atoms with Gasteiger partial charge in [0.15, 0.2) is 0 Å². The van der Waals surface area contributed by atoms with Crippen LogP contribution in [0.1, 0.15) is 39.2 Å². The highest BCUT2D eigenvalue weighted by molar-refractivity contribution is 5.92. The summed E-state index contributed by atoms with van der Waals surface area (Å²) in [7, 11) is 0. The number of benzene rings is 3. The Morgan fingerprint density at radius 1 is 0.609 bits per heavy atom. The summed E-state index contributed by atoms with van der Waals surface area (Å²) in [5, 5.41) is 20.1. The molecule has 0 amide bonds. The van der Waals surface area contributed by atoms with Crippen molar-refractivity contribution in [2.45, 2.75) is 33.6 Å². The smallest absolute Gasteiger partial charge is 0.123 e. The van der Waals surface area contributed by atoms with Gasteiger partial charge in [0.1, 0.15) is 11.5 Å². The Hall–Kier alpha value is -2.48. The van der Waals surface area contributed by atoms with Crippen molar-refractivity contribution >= 4 is 10.8 Å². The lowest BCUT2D eigenvalue weighted by Crippen LogP contribution is -1.83. The van der Waals surface area contributed by atoms with E-state index in [2.05, 4.69) is 38.1 Å². The summed E-state index contributed by atoms with van der Waals surface area (Å²) in [6, 6.07) is 20.7. The van der Waals surface area contributed by atoms with Gasteiger partial charge in [0.25, 0.3) is 0 Å². The van der Waals surface area contributed by atoms with Crippen molar-refractivity contribution in [2.75, 3.05) is 0 Å². The predicted molar refractivity (Wildman–Crippen MR) is 99.2 cm³/mol. The minimum atomic E-state index is 0.198. The molecule has 0 aliphatic carbocycles. The van der Waals surface area contributed by atoms with E-state index in [1.165, 1.54) is 5.56 Å². The van der Waals surface area contributed by atoms with E-state index in [-0.39, 0.29) is 11.5 Å². The highest BCUT2D eigenvalue weighted by Gasteiger charge is 2.00. The van der Waals surface area contributed by atoms with Gasteiger partial charge in [-0.1, -0.05) is 82.3 Å². The van der Waals surface area contributed by atoms with Crippen molar-refractivity contribution in [2.24, 2.45) is 0 Å². The zero-order valence-electron chi connectivity index (χ0n) is 14.3. The fraction of sp³-hybridized carbons (Fsp3) is 0.238. The van der Waals surface area contributed by atoms with Crippen molar-refractivity contribution in [1.82, 2.24) is 0 Å². The first kappa shape index (κ1) is 18.6. The molecule has 0 aliphatic rings. The monoisotopic (exact) mass is 310 g/mol. The van der Waals surface area contributed by atoms with E-state index in [9.17, 15) is 10.2 Å². The van der Waals surface area contributed by atoms with Gasteiger partial charge in [-0.15, -0.1) is 0 Å². The molecule has 2 N–H and O–H groups in total. The number of aromatic hydroxyl groups is 2. The predicted octanol–water partition coefficient (Wildman–Crippen LogP) is 6.09. The van der Waals surface area contributed by atoms with Crippen LogP contribution in [-0.4, -0.2) is 10.2 Å². The maximum atomic E-state index is 9.38. The minimum absolute atomic E-state index is 0.198. The lowest BCUT2D eigenvalue weighted by atomic mass is 10.0. The molecule has 2 heteroatoms. The van der Waals surface area contributed by atoms with Crippen LogP contribution in [0.25, 0.3) is 10.8 Å². The second-order valence-electron chi connectivity index (χ2n) is 5.21. The van der Waals surface area contributed by atoms with E-state index < -0.39 is 0 Å². The van der Waals surface area contributed by atoms with E-state index >= 15 is 0 Å². The van der Waals surface area contributed by atoms with Crippen LogP contribution in [-0.2, 0) is 0 Å². The molecule has 0 aliphatic heterocycles. The summed E-state index contributed by atoms with van der Waals surface area (Å²) < 4.78 is 0. The first-order valence-electron chi connectivity index (χ1n) is 8.04. The first-order chi connectivity index (χ1) is 11.1. The van der Waals surface area contributed by atoms with Gasteiger partial charge >= 0.3 is 0 Å². The number of fused-ring (bicyclic) bond motifs is 1. The van der Waals surface area contributed by atoms with Crippen molar-refractivity contribution in [3.05, 3.63) is 72.3 Å². The fourth-order valence-electron chi connectivity index (χ4n) is 2.11. The maximum absolute atomic E-state index is 9.38. The van der Waals surface area contributed by atoms with E-state index in [4.69, 9.17) is 0 Å². The van der Waals surface area contributed by atoms with Gasteiger partial charge in [-0.25, -0.2) is 0 Å². The van der Waals surface area contributed by atoms with Gasteiger partial charge in [-0.3, -0.25) is 0 Å². The van der Waals surface area contributed by atoms with Gasteiger partial charge < -0.3 is 10.2 Å². The number of phenols is 2. The number of phenolic OH excluding ortho intramolecular Hbond substituents is 2. The minimum Gasteiger partial charge on any atom is -0.507 e. The lowest BCUT2D eigenvalue weighted by molar-refractivity contribution is 0.475. The second-order valence-corrected chi connectivity index (χ2v) is 5.21. The van der Waals surface area contributed by atoms with E-state index in [1.54, 1.807) is 36.4 Å². The molecule has 23 heavy (non-hydrogen) atoms. The summed E-state index contributed by atoms with van der Waals surface area (Å²) in [6.45, 7) is 8.41. The Morgan fingerprint density at radius 2 is 1.04 bits per heavy atom. The molecular weight excluding hydrogens is 284 g/mol. The molecule has 0 saturated heterocycles. The molecule has 3 aromatic carbocycles. The van der Waals surface area contributed by atoms with Crippen LogP contribution in [0.4, 0.5) is 0 Å². The molecule has 0 aromatic heterocycles. The zero-order chi connectivity index (χ0) is 17.2. The standard InChI is InChI=1S/C10H8O2.C9H12.C2H6/c11-9-5-1-3-7-8(9)4-2-6-10(7)12;1-8(2)9-6-4-3-5-7-9;1-2/h1-6,11-12H;3-8H,1-2H3;1-2H3. The molecule has 3 rings (SSSR count). The van der Waals surface area contributed by atoms with Gasteiger partial charge in [0.2, 0.25) is 0 Å². The quantitative estimate of drug-likeness (QED) is 0.571. The normalized spacial score (nSPS) is 9.61. The maximum Gasteiger partial charge on any atom is 0.123 e. The molecule has 0 saturated carbocycles. The third kappa shape index (κ3) is 5.33. The van der Waals surface area contributed by atoms with E-state index in [0.717, 1.165) is 0 Å². The first-order valence-corrected chi connectivity index (χ1v) is 8.04. The molecule has 0 bridgehead atoms. The van der Waals surface area contributed by atoms with Crippen molar-refractivity contribution < 1.29 is 10.2 Å². The van der Waals surface area contributed by atoms with Crippen molar-refractivity contribution in [3.63, 3.8) is 0 Å². The molecule has 0 radical (unpaired) electrons. The zero-order valence-corrected chi connectivity index (χ0v) is 14.3. The third-order valence-electron chi connectivity index (χ3n) is 3.34. The molecule has 122 valence electrons. The second kappa shape index (κ2) is 9.52. The summed E-state index contributed by atoms with van der Waals surface area (Å²) in [6.07, 6.45) is 0. The van der Waals surface area contributed by atoms with E-state index in [0.29, 0.717) is 16.7 Å². The molecule has 0 heterocycles. The molecular formula is C21H26O2. The number of hydrogen-bond donors (Lipinski definition) is 2. The Labute approximate surface area is 139 Å². The van der Waals surface area contributed by atoms with E-state index in [1.807, 2.05) is 19.9 Å². The number of rotatable bonds is 1. The molecule has 0 fully saturated rings.